The monoisotopic (exact) mass is 353 g/mol. The molecule has 1 aromatic carbocycles. The van der Waals surface area contributed by atoms with Crippen LogP contribution in [0.5, 0.6) is 0 Å². The number of thiazole rings is 1. The van der Waals surface area contributed by atoms with Gasteiger partial charge in [0, 0.05) is 44.0 Å². The molecule has 0 N–H and O–H groups in total. The maximum absolute atomic E-state index is 4.86. The van der Waals surface area contributed by atoms with E-state index in [0.29, 0.717) is 0 Å². The lowest BCUT2D eigenvalue weighted by Gasteiger charge is -2.45. The molecule has 0 unspecified atom stereocenters. The Hall–Kier alpha value is -1.92. The molecule has 4 heterocycles. The highest BCUT2D eigenvalue weighted by molar-refractivity contribution is 7.22. The van der Waals surface area contributed by atoms with Crippen molar-refractivity contribution in [2.45, 2.75) is 31.8 Å². The largest absolute Gasteiger partial charge is 0.345 e. The van der Waals surface area contributed by atoms with Gasteiger partial charge in [-0.2, -0.15) is 5.10 Å². The van der Waals surface area contributed by atoms with Crippen molar-refractivity contribution < 1.29 is 0 Å². The summed E-state index contributed by atoms with van der Waals surface area (Å²) < 4.78 is 3.10. The average Bonchev–Trinajstić information content (AvgIpc) is 3.26. The van der Waals surface area contributed by atoms with E-state index < -0.39 is 0 Å². The van der Waals surface area contributed by atoms with Crippen LogP contribution in [0, 0.1) is 0 Å². The number of anilines is 1. The fourth-order valence-electron chi connectivity index (χ4n) is 4.12. The SMILES string of the molecule is C[C@@H]1CCCN1C1CN(c2nc3ccc(-c4cnn(C)c4)cc3s2)C1. The van der Waals surface area contributed by atoms with Crippen LogP contribution in [0.4, 0.5) is 5.13 Å². The molecule has 3 aromatic rings. The molecule has 2 aromatic heterocycles. The van der Waals surface area contributed by atoms with E-state index in [1.54, 1.807) is 0 Å². The lowest BCUT2D eigenvalue weighted by Crippen LogP contribution is -2.60. The Kier molecular flexibility index (Phi) is 3.57. The molecule has 2 aliphatic rings. The van der Waals surface area contributed by atoms with E-state index in [1.807, 2.05) is 29.3 Å². The second-order valence-electron chi connectivity index (χ2n) is 7.37. The Morgan fingerprint density at radius 3 is 2.80 bits per heavy atom. The predicted molar refractivity (Wildman–Crippen MR) is 103 cm³/mol. The molecule has 2 fully saturated rings. The number of rotatable bonds is 3. The van der Waals surface area contributed by atoms with E-state index in [-0.39, 0.29) is 0 Å². The minimum Gasteiger partial charge on any atom is -0.345 e. The van der Waals surface area contributed by atoms with Gasteiger partial charge in [-0.1, -0.05) is 17.4 Å². The molecule has 0 spiro atoms. The lowest BCUT2D eigenvalue weighted by atomic mass is 10.1. The lowest BCUT2D eigenvalue weighted by molar-refractivity contribution is 0.160. The third kappa shape index (κ3) is 2.64. The first-order chi connectivity index (χ1) is 12.2. The normalized spacial score (nSPS) is 22.0. The summed E-state index contributed by atoms with van der Waals surface area (Å²) in [5.74, 6) is 0. The molecule has 0 saturated carbocycles. The molecule has 130 valence electrons. The van der Waals surface area contributed by atoms with Crippen molar-refractivity contribution >= 4 is 26.7 Å². The van der Waals surface area contributed by atoms with Gasteiger partial charge in [0.25, 0.3) is 0 Å². The molecule has 2 saturated heterocycles. The maximum atomic E-state index is 4.86. The summed E-state index contributed by atoms with van der Waals surface area (Å²) in [6, 6.07) is 8.00. The van der Waals surface area contributed by atoms with Crippen molar-refractivity contribution in [3.8, 4) is 11.1 Å². The summed E-state index contributed by atoms with van der Waals surface area (Å²) in [7, 11) is 1.95. The van der Waals surface area contributed by atoms with Gasteiger partial charge in [0.05, 0.1) is 16.4 Å². The molecular weight excluding hydrogens is 330 g/mol. The van der Waals surface area contributed by atoms with E-state index in [9.17, 15) is 0 Å². The van der Waals surface area contributed by atoms with Crippen LogP contribution in [0.2, 0.25) is 0 Å². The zero-order valence-electron chi connectivity index (χ0n) is 14.7. The quantitative estimate of drug-likeness (QED) is 0.723. The van der Waals surface area contributed by atoms with Crippen molar-refractivity contribution in [3.05, 3.63) is 30.6 Å². The summed E-state index contributed by atoms with van der Waals surface area (Å²) in [5.41, 5.74) is 3.47. The Bertz CT molecular complexity index is 908. The van der Waals surface area contributed by atoms with Crippen LogP contribution < -0.4 is 4.90 Å². The highest BCUT2D eigenvalue weighted by atomic mass is 32.1. The third-order valence-electron chi connectivity index (χ3n) is 5.62. The molecule has 2 aliphatic heterocycles. The zero-order valence-corrected chi connectivity index (χ0v) is 15.5. The fraction of sp³-hybridized carbons (Fsp3) is 0.474. The summed E-state index contributed by atoms with van der Waals surface area (Å²) in [6.07, 6.45) is 6.69. The van der Waals surface area contributed by atoms with Gasteiger partial charge < -0.3 is 4.90 Å². The molecule has 0 aliphatic carbocycles. The molecule has 1 atom stereocenters. The van der Waals surface area contributed by atoms with Crippen molar-refractivity contribution in [3.63, 3.8) is 0 Å². The Balaban J connectivity index is 1.35. The predicted octanol–water partition coefficient (Wildman–Crippen LogP) is 3.37. The molecule has 25 heavy (non-hydrogen) atoms. The molecule has 0 radical (unpaired) electrons. The minimum absolute atomic E-state index is 0.718. The Morgan fingerprint density at radius 2 is 2.08 bits per heavy atom. The second-order valence-corrected chi connectivity index (χ2v) is 8.38. The van der Waals surface area contributed by atoms with E-state index >= 15 is 0 Å². The van der Waals surface area contributed by atoms with Gasteiger partial charge in [-0.15, -0.1) is 0 Å². The van der Waals surface area contributed by atoms with Crippen LogP contribution in [0.1, 0.15) is 19.8 Å². The Morgan fingerprint density at radius 1 is 1.20 bits per heavy atom. The standard InChI is InChI=1S/C19H23N5S/c1-13-4-3-7-24(13)16-11-23(12-16)19-21-17-6-5-14(8-18(17)25-19)15-9-20-22(2)10-15/h5-6,8-10,13,16H,3-4,7,11-12H2,1-2H3/t13-/m1/s1. The van der Waals surface area contributed by atoms with Gasteiger partial charge in [-0.05, 0) is 44.0 Å². The topological polar surface area (TPSA) is 37.2 Å². The first-order valence-corrected chi connectivity index (χ1v) is 9.89. The van der Waals surface area contributed by atoms with Gasteiger partial charge >= 0.3 is 0 Å². The van der Waals surface area contributed by atoms with Gasteiger partial charge in [-0.3, -0.25) is 9.58 Å². The average molecular weight is 353 g/mol. The highest BCUT2D eigenvalue weighted by Crippen LogP contribution is 2.35. The number of aromatic nitrogens is 3. The van der Waals surface area contributed by atoms with Crippen LogP contribution in [-0.4, -0.2) is 51.4 Å². The number of benzene rings is 1. The maximum Gasteiger partial charge on any atom is 0.186 e. The van der Waals surface area contributed by atoms with Crippen LogP contribution in [-0.2, 0) is 7.05 Å². The van der Waals surface area contributed by atoms with Crippen molar-refractivity contribution in [2.75, 3.05) is 24.5 Å². The van der Waals surface area contributed by atoms with Gasteiger partial charge in [0.15, 0.2) is 5.13 Å². The van der Waals surface area contributed by atoms with Crippen molar-refractivity contribution in [1.29, 1.82) is 0 Å². The summed E-state index contributed by atoms with van der Waals surface area (Å²) in [5, 5.41) is 5.44. The summed E-state index contributed by atoms with van der Waals surface area (Å²) in [4.78, 5) is 9.98. The molecule has 0 amide bonds. The fourth-order valence-corrected chi connectivity index (χ4v) is 5.14. The van der Waals surface area contributed by atoms with E-state index in [4.69, 9.17) is 4.98 Å². The molecule has 6 heteroatoms. The van der Waals surface area contributed by atoms with Crippen LogP contribution in [0.25, 0.3) is 21.3 Å². The first-order valence-electron chi connectivity index (χ1n) is 9.08. The molecule has 5 nitrogen and oxygen atoms in total. The summed E-state index contributed by atoms with van der Waals surface area (Å²) >= 11 is 1.81. The number of nitrogens with zero attached hydrogens (tertiary/aromatic N) is 5. The molecule has 0 bridgehead atoms. The highest BCUT2D eigenvalue weighted by Gasteiger charge is 2.37. The van der Waals surface area contributed by atoms with E-state index in [2.05, 4.69) is 46.2 Å². The smallest absolute Gasteiger partial charge is 0.186 e. The number of aryl methyl sites for hydroxylation is 1. The summed E-state index contributed by atoms with van der Waals surface area (Å²) in [6.45, 7) is 5.89. The number of hydrogen-bond donors (Lipinski definition) is 0. The van der Waals surface area contributed by atoms with Crippen molar-refractivity contribution in [2.24, 2.45) is 7.05 Å². The Labute approximate surface area is 151 Å². The minimum atomic E-state index is 0.718. The second kappa shape index (κ2) is 5.81. The van der Waals surface area contributed by atoms with Crippen LogP contribution >= 0.6 is 11.3 Å². The molecule has 5 rings (SSSR count). The van der Waals surface area contributed by atoms with Crippen molar-refractivity contribution in [1.82, 2.24) is 19.7 Å². The number of fused-ring (bicyclic) bond motifs is 1. The van der Waals surface area contributed by atoms with Crippen LogP contribution in [0.3, 0.4) is 0 Å². The van der Waals surface area contributed by atoms with Gasteiger partial charge in [-0.25, -0.2) is 4.98 Å². The van der Waals surface area contributed by atoms with Gasteiger partial charge in [0.2, 0.25) is 0 Å². The number of hydrogen-bond acceptors (Lipinski definition) is 5. The third-order valence-corrected chi connectivity index (χ3v) is 6.70. The van der Waals surface area contributed by atoms with E-state index in [1.165, 1.54) is 34.8 Å². The zero-order chi connectivity index (χ0) is 17.0. The van der Waals surface area contributed by atoms with E-state index in [0.717, 1.165) is 36.3 Å². The van der Waals surface area contributed by atoms with Crippen LogP contribution in [0.15, 0.2) is 30.6 Å². The first kappa shape index (κ1) is 15.3. The molecular formula is C19H23N5S. The van der Waals surface area contributed by atoms with Gasteiger partial charge in [0.1, 0.15) is 0 Å². The number of likely N-dealkylation sites (tertiary alicyclic amines) is 1.